The summed E-state index contributed by atoms with van der Waals surface area (Å²) in [5.41, 5.74) is 1.52. The van der Waals surface area contributed by atoms with E-state index < -0.39 is 5.60 Å². The summed E-state index contributed by atoms with van der Waals surface area (Å²) >= 11 is 3.56. The van der Waals surface area contributed by atoms with Crippen molar-refractivity contribution in [3.8, 4) is 0 Å². The molecule has 2 rings (SSSR count). The van der Waals surface area contributed by atoms with E-state index in [0.717, 1.165) is 48.1 Å². The summed E-state index contributed by atoms with van der Waals surface area (Å²) in [4.78, 5) is 2.30. The van der Waals surface area contributed by atoms with Crippen molar-refractivity contribution in [2.24, 2.45) is 0 Å². The minimum absolute atomic E-state index is 0.0631. The molecule has 1 aromatic carbocycles. The maximum absolute atomic E-state index is 10.1. The lowest BCUT2D eigenvalue weighted by molar-refractivity contribution is 0.0481. The predicted molar refractivity (Wildman–Crippen MR) is 76.8 cm³/mol. The first-order valence-corrected chi connectivity index (χ1v) is 7.18. The van der Waals surface area contributed by atoms with Gasteiger partial charge in [0.15, 0.2) is 0 Å². The number of hydrogen-bond donors (Lipinski definition) is 2. The molecule has 0 amide bonds. The molecule has 0 radical (unpaired) electrons. The summed E-state index contributed by atoms with van der Waals surface area (Å²) in [6.45, 7) is 3.81. The molecule has 0 aromatic heterocycles. The van der Waals surface area contributed by atoms with E-state index in [1.165, 1.54) is 0 Å². The van der Waals surface area contributed by atoms with Crippen molar-refractivity contribution in [2.75, 3.05) is 18.0 Å². The van der Waals surface area contributed by atoms with Gasteiger partial charge in [-0.2, -0.15) is 0 Å². The fraction of sp³-hybridized carbons (Fsp3) is 0.571. The highest BCUT2D eigenvalue weighted by atomic mass is 79.9. The first-order valence-electron chi connectivity index (χ1n) is 6.38. The molecule has 100 valence electrons. The Morgan fingerprint density at radius 1 is 1.33 bits per heavy atom. The number of aliphatic hydroxyl groups is 2. The van der Waals surface area contributed by atoms with Crippen LogP contribution in [0.2, 0.25) is 0 Å². The number of benzene rings is 1. The Hall–Kier alpha value is -0.580. The Kier molecular flexibility index (Phi) is 4.30. The average Bonchev–Trinajstić information content (AvgIpc) is 2.50. The SMILES string of the molecule is CC1(O)CCCN(c2ccc(CO)cc2Br)CC1. The van der Waals surface area contributed by atoms with Gasteiger partial charge < -0.3 is 15.1 Å². The van der Waals surface area contributed by atoms with E-state index in [1.807, 2.05) is 25.1 Å². The van der Waals surface area contributed by atoms with Gasteiger partial charge in [-0.25, -0.2) is 0 Å². The van der Waals surface area contributed by atoms with Crippen LogP contribution in [-0.2, 0) is 6.61 Å². The van der Waals surface area contributed by atoms with Gasteiger partial charge in [0, 0.05) is 17.6 Å². The molecular weight excluding hydrogens is 294 g/mol. The molecule has 4 heteroatoms. The van der Waals surface area contributed by atoms with Gasteiger partial charge in [0.25, 0.3) is 0 Å². The van der Waals surface area contributed by atoms with Crippen molar-refractivity contribution in [3.63, 3.8) is 0 Å². The molecule has 1 aliphatic heterocycles. The van der Waals surface area contributed by atoms with Crippen LogP contribution in [0, 0.1) is 0 Å². The summed E-state index contributed by atoms with van der Waals surface area (Å²) in [6, 6.07) is 5.94. The minimum Gasteiger partial charge on any atom is -0.392 e. The van der Waals surface area contributed by atoms with Gasteiger partial charge in [0.05, 0.1) is 17.9 Å². The summed E-state index contributed by atoms with van der Waals surface area (Å²) in [5.74, 6) is 0. The Morgan fingerprint density at radius 3 is 2.78 bits per heavy atom. The van der Waals surface area contributed by atoms with Crippen molar-refractivity contribution in [3.05, 3.63) is 28.2 Å². The largest absolute Gasteiger partial charge is 0.392 e. The Morgan fingerprint density at radius 2 is 2.11 bits per heavy atom. The molecule has 0 saturated carbocycles. The smallest absolute Gasteiger partial charge is 0.0682 e. The fourth-order valence-electron chi connectivity index (χ4n) is 2.41. The van der Waals surface area contributed by atoms with Crippen molar-refractivity contribution in [1.82, 2.24) is 0 Å². The van der Waals surface area contributed by atoms with Crippen LogP contribution in [0.4, 0.5) is 5.69 Å². The van der Waals surface area contributed by atoms with E-state index in [0.29, 0.717) is 0 Å². The number of anilines is 1. The summed E-state index contributed by atoms with van der Waals surface area (Å²) < 4.78 is 1.01. The van der Waals surface area contributed by atoms with E-state index in [-0.39, 0.29) is 6.61 Å². The summed E-state index contributed by atoms with van der Waals surface area (Å²) in [6.07, 6.45) is 2.65. The first kappa shape index (κ1) is 13.8. The topological polar surface area (TPSA) is 43.7 Å². The van der Waals surface area contributed by atoms with Gasteiger partial charge in [-0.3, -0.25) is 0 Å². The highest BCUT2D eigenvalue weighted by molar-refractivity contribution is 9.10. The molecule has 1 atom stereocenters. The van der Waals surface area contributed by atoms with E-state index in [2.05, 4.69) is 20.8 Å². The third-order valence-corrected chi connectivity index (χ3v) is 4.23. The lowest BCUT2D eigenvalue weighted by Gasteiger charge is -2.25. The van der Waals surface area contributed by atoms with Gasteiger partial charge >= 0.3 is 0 Å². The Balaban J connectivity index is 2.16. The van der Waals surface area contributed by atoms with Crippen LogP contribution >= 0.6 is 15.9 Å². The molecule has 1 aliphatic rings. The zero-order valence-corrected chi connectivity index (χ0v) is 12.3. The molecule has 1 unspecified atom stereocenters. The van der Waals surface area contributed by atoms with Gasteiger partial charge in [0.2, 0.25) is 0 Å². The maximum atomic E-state index is 10.1. The number of rotatable bonds is 2. The van der Waals surface area contributed by atoms with Crippen molar-refractivity contribution < 1.29 is 10.2 Å². The van der Waals surface area contributed by atoms with Gasteiger partial charge in [-0.1, -0.05) is 6.07 Å². The molecule has 0 bridgehead atoms. The molecule has 1 saturated heterocycles. The number of nitrogens with zero attached hydrogens (tertiary/aromatic N) is 1. The van der Waals surface area contributed by atoms with Crippen LogP contribution < -0.4 is 4.90 Å². The van der Waals surface area contributed by atoms with Crippen LogP contribution in [-0.4, -0.2) is 28.9 Å². The molecule has 0 aliphatic carbocycles. The molecule has 1 heterocycles. The normalized spacial score (nSPS) is 25.0. The van der Waals surface area contributed by atoms with E-state index >= 15 is 0 Å². The zero-order chi connectivity index (χ0) is 13.2. The third kappa shape index (κ3) is 3.25. The second-order valence-corrected chi connectivity index (χ2v) is 6.14. The first-order chi connectivity index (χ1) is 8.52. The lowest BCUT2D eigenvalue weighted by atomic mass is 9.98. The maximum Gasteiger partial charge on any atom is 0.0682 e. The summed E-state index contributed by atoms with van der Waals surface area (Å²) in [7, 11) is 0. The summed E-state index contributed by atoms with van der Waals surface area (Å²) in [5, 5.41) is 19.2. The number of hydrogen-bond acceptors (Lipinski definition) is 3. The van der Waals surface area contributed by atoms with Gasteiger partial charge in [0.1, 0.15) is 0 Å². The van der Waals surface area contributed by atoms with Crippen LogP contribution in [0.5, 0.6) is 0 Å². The second kappa shape index (κ2) is 5.59. The quantitative estimate of drug-likeness (QED) is 0.882. The average molecular weight is 314 g/mol. The molecule has 3 nitrogen and oxygen atoms in total. The van der Waals surface area contributed by atoms with Crippen LogP contribution in [0.1, 0.15) is 31.7 Å². The van der Waals surface area contributed by atoms with Gasteiger partial charge in [-0.05, 0) is 59.8 Å². The monoisotopic (exact) mass is 313 g/mol. The predicted octanol–water partition coefficient (Wildman–Crippen LogP) is 2.68. The Bertz CT molecular complexity index is 420. The van der Waals surface area contributed by atoms with Crippen molar-refractivity contribution in [2.45, 2.75) is 38.4 Å². The van der Waals surface area contributed by atoms with Crippen LogP contribution in [0.3, 0.4) is 0 Å². The number of aliphatic hydroxyl groups excluding tert-OH is 1. The third-order valence-electron chi connectivity index (χ3n) is 3.60. The van der Waals surface area contributed by atoms with Crippen molar-refractivity contribution in [1.29, 1.82) is 0 Å². The van der Waals surface area contributed by atoms with Crippen molar-refractivity contribution >= 4 is 21.6 Å². The number of halogens is 1. The molecule has 1 aromatic rings. The fourth-order valence-corrected chi connectivity index (χ4v) is 3.09. The lowest BCUT2D eigenvalue weighted by Crippen LogP contribution is -2.28. The standard InChI is InChI=1S/C14H20BrNO2/c1-14(18)5-2-7-16(8-6-14)13-4-3-11(10-17)9-12(13)15/h3-4,9,17-18H,2,5-8,10H2,1H3. The van der Waals surface area contributed by atoms with Crippen LogP contribution in [0.15, 0.2) is 22.7 Å². The Labute approximate surface area is 117 Å². The molecule has 1 fully saturated rings. The van der Waals surface area contributed by atoms with E-state index in [9.17, 15) is 5.11 Å². The van der Waals surface area contributed by atoms with E-state index in [1.54, 1.807) is 0 Å². The van der Waals surface area contributed by atoms with E-state index in [4.69, 9.17) is 5.11 Å². The van der Waals surface area contributed by atoms with Gasteiger partial charge in [-0.15, -0.1) is 0 Å². The molecular formula is C14H20BrNO2. The zero-order valence-electron chi connectivity index (χ0n) is 10.7. The highest BCUT2D eigenvalue weighted by Crippen LogP contribution is 2.31. The molecule has 0 spiro atoms. The molecule has 18 heavy (non-hydrogen) atoms. The van der Waals surface area contributed by atoms with Crippen LogP contribution in [0.25, 0.3) is 0 Å². The highest BCUT2D eigenvalue weighted by Gasteiger charge is 2.25. The second-order valence-electron chi connectivity index (χ2n) is 5.28. The minimum atomic E-state index is -0.535. The molecule has 2 N–H and O–H groups in total.